The Hall–Kier alpha value is -0.850. The second-order valence-corrected chi connectivity index (χ2v) is 5.73. The van der Waals surface area contributed by atoms with Crippen LogP contribution >= 0.6 is 0 Å². The fraction of sp³-hybridized carbons (Fsp3) is 0.643. The van der Waals surface area contributed by atoms with Crippen molar-refractivity contribution in [3.63, 3.8) is 0 Å². The smallest absolute Gasteiger partial charge is 0.0498 e. The predicted octanol–water partition coefficient (Wildman–Crippen LogP) is 3.10. The van der Waals surface area contributed by atoms with Gasteiger partial charge in [0.1, 0.15) is 0 Å². The molecule has 1 heteroatoms. The highest BCUT2D eigenvalue weighted by atomic mass is 14.8. The van der Waals surface area contributed by atoms with Gasteiger partial charge in [0.25, 0.3) is 0 Å². The molecule has 0 fully saturated rings. The summed E-state index contributed by atoms with van der Waals surface area (Å²) >= 11 is 0. The highest BCUT2D eigenvalue weighted by Gasteiger charge is 2.34. The summed E-state index contributed by atoms with van der Waals surface area (Å²) in [6.07, 6.45) is 6.31. The van der Waals surface area contributed by atoms with E-state index in [4.69, 9.17) is 4.98 Å². The lowest BCUT2D eigenvalue weighted by molar-refractivity contribution is 0.508. The maximum absolute atomic E-state index is 4.95. The molecule has 0 saturated carbocycles. The van der Waals surface area contributed by atoms with Crippen molar-refractivity contribution in [1.82, 2.24) is 4.98 Å². The van der Waals surface area contributed by atoms with Gasteiger partial charge in [-0.1, -0.05) is 13.8 Å². The van der Waals surface area contributed by atoms with Gasteiger partial charge in [0.2, 0.25) is 0 Å². The molecule has 15 heavy (non-hydrogen) atoms. The van der Waals surface area contributed by atoms with E-state index in [0.717, 1.165) is 0 Å². The van der Waals surface area contributed by atoms with Crippen LogP contribution in [0.15, 0.2) is 0 Å². The SMILES string of the molecule is Cc1c2c(nc3c1CCC3(C)C)CCC2. The Morgan fingerprint density at radius 2 is 1.87 bits per heavy atom. The van der Waals surface area contributed by atoms with Crippen molar-refractivity contribution >= 4 is 0 Å². The molecule has 3 rings (SSSR count). The van der Waals surface area contributed by atoms with Crippen LogP contribution in [0.5, 0.6) is 0 Å². The van der Waals surface area contributed by atoms with Crippen molar-refractivity contribution in [2.75, 3.05) is 0 Å². The molecule has 0 amide bonds. The number of rotatable bonds is 0. The average molecular weight is 201 g/mol. The summed E-state index contributed by atoms with van der Waals surface area (Å²) in [6.45, 7) is 6.99. The third-order valence-corrected chi connectivity index (χ3v) is 4.27. The van der Waals surface area contributed by atoms with Crippen molar-refractivity contribution in [2.24, 2.45) is 0 Å². The third-order valence-electron chi connectivity index (χ3n) is 4.27. The Morgan fingerprint density at radius 3 is 2.67 bits per heavy atom. The van der Waals surface area contributed by atoms with Crippen molar-refractivity contribution in [3.8, 4) is 0 Å². The van der Waals surface area contributed by atoms with Gasteiger partial charge in [-0.05, 0) is 55.7 Å². The molecule has 2 aliphatic carbocycles. The second-order valence-electron chi connectivity index (χ2n) is 5.73. The molecule has 0 aromatic carbocycles. The number of hydrogen-bond donors (Lipinski definition) is 0. The van der Waals surface area contributed by atoms with Gasteiger partial charge < -0.3 is 0 Å². The molecule has 1 nitrogen and oxygen atoms in total. The minimum Gasteiger partial charge on any atom is -0.257 e. The molecule has 0 atom stereocenters. The summed E-state index contributed by atoms with van der Waals surface area (Å²) in [6, 6.07) is 0. The predicted molar refractivity (Wildman–Crippen MR) is 62.3 cm³/mol. The zero-order valence-corrected chi connectivity index (χ0v) is 9.98. The largest absolute Gasteiger partial charge is 0.257 e. The summed E-state index contributed by atoms with van der Waals surface area (Å²) in [5.41, 5.74) is 7.84. The van der Waals surface area contributed by atoms with Crippen LogP contribution < -0.4 is 0 Å². The highest BCUT2D eigenvalue weighted by Crippen LogP contribution is 2.41. The Morgan fingerprint density at radius 1 is 1.07 bits per heavy atom. The first-order valence-electron chi connectivity index (χ1n) is 6.11. The summed E-state index contributed by atoms with van der Waals surface area (Å²) in [5.74, 6) is 0. The number of aromatic nitrogens is 1. The van der Waals surface area contributed by atoms with Crippen molar-refractivity contribution in [3.05, 3.63) is 28.1 Å². The number of nitrogens with zero attached hydrogens (tertiary/aromatic N) is 1. The minimum absolute atomic E-state index is 0.317. The first-order chi connectivity index (χ1) is 7.09. The monoisotopic (exact) mass is 201 g/mol. The van der Waals surface area contributed by atoms with Crippen molar-refractivity contribution < 1.29 is 0 Å². The zero-order valence-electron chi connectivity index (χ0n) is 9.98. The minimum atomic E-state index is 0.317. The first kappa shape index (κ1) is 9.38. The topological polar surface area (TPSA) is 12.9 Å². The number of pyridine rings is 1. The molecule has 0 aliphatic heterocycles. The Labute approximate surface area is 91.9 Å². The molecule has 80 valence electrons. The molecule has 1 aromatic heterocycles. The van der Waals surface area contributed by atoms with Gasteiger partial charge in [-0.3, -0.25) is 4.98 Å². The summed E-state index contributed by atoms with van der Waals surface area (Å²) in [5, 5.41) is 0. The molecule has 0 saturated heterocycles. The van der Waals surface area contributed by atoms with Crippen molar-refractivity contribution in [1.29, 1.82) is 0 Å². The molecule has 0 bridgehead atoms. The molecule has 1 heterocycles. The van der Waals surface area contributed by atoms with Crippen LogP contribution in [0.4, 0.5) is 0 Å². The van der Waals surface area contributed by atoms with Crippen LogP contribution in [-0.2, 0) is 24.7 Å². The summed E-state index contributed by atoms with van der Waals surface area (Å²) < 4.78 is 0. The molecular formula is C14H19N. The molecular weight excluding hydrogens is 182 g/mol. The van der Waals surface area contributed by atoms with Gasteiger partial charge in [0.05, 0.1) is 0 Å². The van der Waals surface area contributed by atoms with Crippen LogP contribution in [0.1, 0.15) is 54.8 Å². The first-order valence-corrected chi connectivity index (χ1v) is 6.11. The molecule has 1 aromatic rings. The molecule has 0 unspecified atom stereocenters. The lowest BCUT2D eigenvalue weighted by atomic mass is 9.89. The summed E-state index contributed by atoms with van der Waals surface area (Å²) in [7, 11) is 0. The van der Waals surface area contributed by atoms with E-state index in [2.05, 4.69) is 20.8 Å². The lowest BCUT2D eigenvalue weighted by Gasteiger charge is -2.19. The quantitative estimate of drug-likeness (QED) is 0.628. The van der Waals surface area contributed by atoms with Crippen LogP contribution in [-0.4, -0.2) is 4.98 Å². The van der Waals surface area contributed by atoms with Gasteiger partial charge in [-0.2, -0.15) is 0 Å². The zero-order chi connectivity index (χ0) is 10.6. The van der Waals surface area contributed by atoms with Crippen LogP contribution in [0.2, 0.25) is 0 Å². The lowest BCUT2D eigenvalue weighted by Crippen LogP contribution is -2.15. The van der Waals surface area contributed by atoms with Crippen LogP contribution in [0.25, 0.3) is 0 Å². The average Bonchev–Trinajstić information content (AvgIpc) is 2.73. The van der Waals surface area contributed by atoms with Crippen LogP contribution in [0, 0.1) is 6.92 Å². The highest BCUT2D eigenvalue weighted by molar-refractivity contribution is 5.46. The van der Waals surface area contributed by atoms with Gasteiger partial charge in [-0.25, -0.2) is 0 Å². The maximum atomic E-state index is 4.95. The van der Waals surface area contributed by atoms with E-state index in [9.17, 15) is 0 Å². The Balaban J connectivity index is 2.26. The molecule has 0 spiro atoms. The van der Waals surface area contributed by atoms with E-state index < -0.39 is 0 Å². The number of fused-ring (bicyclic) bond motifs is 2. The van der Waals surface area contributed by atoms with E-state index in [-0.39, 0.29) is 0 Å². The van der Waals surface area contributed by atoms with E-state index >= 15 is 0 Å². The number of aryl methyl sites for hydroxylation is 1. The fourth-order valence-corrected chi connectivity index (χ4v) is 3.24. The Bertz CT molecular complexity index is 429. The molecule has 0 N–H and O–H groups in total. The standard InChI is InChI=1S/C14H19N/c1-9-10-5-4-6-12(10)15-13-11(9)7-8-14(13,2)3/h4-8H2,1-3H3. The van der Waals surface area contributed by atoms with Crippen LogP contribution in [0.3, 0.4) is 0 Å². The van der Waals surface area contributed by atoms with Gasteiger partial charge in [0, 0.05) is 16.8 Å². The maximum Gasteiger partial charge on any atom is 0.0498 e. The van der Waals surface area contributed by atoms with Gasteiger partial charge in [0.15, 0.2) is 0 Å². The van der Waals surface area contributed by atoms with Gasteiger partial charge >= 0.3 is 0 Å². The Kier molecular flexibility index (Phi) is 1.78. The molecule has 2 aliphatic rings. The normalized spacial score (nSPS) is 21.5. The van der Waals surface area contributed by atoms with Gasteiger partial charge in [-0.15, -0.1) is 0 Å². The summed E-state index contributed by atoms with van der Waals surface area (Å²) in [4.78, 5) is 4.95. The van der Waals surface area contributed by atoms with E-state index in [1.54, 1.807) is 16.7 Å². The number of hydrogen-bond acceptors (Lipinski definition) is 1. The van der Waals surface area contributed by atoms with E-state index in [1.165, 1.54) is 43.5 Å². The second kappa shape index (κ2) is 2.84. The van der Waals surface area contributed by atoms with Crippen molar-refractivity contribution in [2.45, 2.75) is 58.3 Å². The van der Waals surface area contributed by atoms with E-state index in [0.29, 0.717) is 5.41 Å². The van der Waals surface area contributed by atoms with E-state index in [1.807, 2.05) is 0 Å². The molecule has 0 radical (unpaired) electrons. The fourth-order valence-electron chi connectivity index (χ4n) is 3.24. The third kappa shape index (κ3) is 1.18.